The fourth-order valence-electron chi connectivity index (χ4n) is 2.64. The molecule has 1 fully saturated rings. The van der Waals surface area contributed by atoms with Crippen LogP contribution in [0.2, 0.25) is 0 Å². The molecule has 3 rings (SSSR count). The van der Waals surface area contributed by atoms with Crippen LogP contribution in [0.3, 0.4) is 0 Å². The van der Waals surface area contributed by atoms with Gasteiger partial charge in [0.25, 0.3) is 0 Å². The minimum atomic E-state index is -3.73. The number of phenols is 2. The molecule has 0 radical (unpaired) electrons. The third-order valence-electron chi connectivity index (χ3n) is 3.99. The molecule has 1 heterocycles. The molecule has 1 aliphatic heterocycles. The van der Waals surface area contributed by atoms with Crippen LogP contribution in [-0.2, 0) is 14.8 Å². The Hall–Kier alpha value is -2.66. The van der Waals surface area contributed by atoms with Crippen LogP contribution in [-0.4, -0.2) is 68.1 Å². The van der Waals surface area contributed by atoms with Gasteiger partial charge in [0.05, 0.1) is 0 Å². The van der Waals surface area contributed by atoms with Crippen LogP contribution < -0.4 is 10.1 Å². The topological polar surface area (TPSA) is 136 Å². The molecular formula is C21H32N2O7S. The second kappa shape index (κ2) is 14.4. The van der Waals surface area contributed by atoms with Crippen molar-refractivity contribution in [1.29, 1.82) is 0 Å². The van der Waals surface area contributed by atoms with E-state index in [1.165, 1.54) is 22.5 Å². The molecule has 0 bridgehead atoms. The number of hydrogen-bond acceptors (Lipinski definition) is 8. The summed E-state index contributed by atoms with van der Waals surface area (Å²) in [6.07, 6.45) is 0. The zero-order chi connectivity index (χ0) is 24.0. The fraction of sp³-hybridized carbons (Fsp3) is 0.381. The number of aliphatic hydroxyl groups is 1. The van der Waals surface area contributed by atoms with E-state index in [0.29, 0.717) is 26.2 Å². The second-order valence-corrected chi connectivity index (χ2v) is 7.74. The smallest absolute Gasteiger partial charge is 0.246 e. The van der Waals surface area contributed by atoms with Crippen LogP contribution in [0, 0.1) is 6.92 Å². The highest BCUT2D eigenvalue weighted by molar-refractivity contribution is 7.89. The standard InChI is InChI=1S/C17H20N2O5S.C2H6.CH4O.CH2O/c1-12-5-6-14(24-15-4-2-3-13(20)17(15)21)16(11-12)25(22,23)19-9-7-18-8-10-19;3*1-2/h2-6,11,18,20-21H,7-10H2,1H3;1-2H3;2H,1H3;1H2. The summed E-state index contributed by atoms with van der Waals surface area (Å²) < 4.78 is 33.0. The van der Waals surface area contributed by atoms with Gasteiger partial charge in [-0.25, -0.2) is 8.42 Å². The van der Waals surface area contributed by atoms with Crippen molar-refractivity contribution in [2.45, 2.75) is 25.7 Å². The number of carbonyl (C=O) groups is 1. The average molecular weight is 457 g/mol. The number of hydrogen-bond donors (Lipinski definition) is 4. The Bertz CT molecular complexity index is 899. The van der Waals surface area contributed by atoms with Gasteiger partial charge >= 0.3 is 0 Å². The first-order chi connectivity index (χ1) is 14.9. The lowest BCUT2D eigenvalue weighted by Gasteiger charge is -2.27. The third kappa shape index (κ3) is 7.51. The summed E-state index contributed by atoms with van der Waals surface area (Å²) in [5.74, 6) is -0.685. The largest absolute Gasteiger partial charge is 0.504 e. The van der Waals surface area contributed by atoms with Crippen molar-refractivity contribution in [2.75, 3.05) is 33.3 Å². The van der Waals surface area contributed by atoms with Gasteiger partial charge in [-0.2, -0.15) is 4.31 Å². The molecule has 1 aliphatic rings. The molecule has 31 heavy (non-hydrogen) atoms. The number of aryl methyl sites for hydroxylation is 1. The predicted molar refractivity (Wildman–Crippen MR) is 119 cm³/mol. The molecule has 2 aromatic carbocycles. The van der Waals surface area contributed by atoms with E-state index in [9.17, 15) is 18.6 Å². The predicted octanol–water partition coefficient (Wildman–Crippen LogP) is 2.24. The second-order valence-electron chi connectivity index (χ2n) is 5.83. The molecule has 2 aromatic rings. The highest BCUT2D eigenvalue weighted by atomic mass is 32.2. The van der Waals surface area contributed by atoms with Gasteiger partial charge in [0.2, 0.25) is 15.8 Å². The molecule has 0 aliphatic carbocycles. The Labute approximate surface area is 184 Å². The first-order valence-electron chi connectivity index (χ1n) is 9.63. The van der Waals surface area contributed by atoms with Gasteiger partial charge in [-0.15, -0.1) is 0 Å². The Morgan fingerprint density at radius 2 is 1.58 bits per heavy atom. The molecule has 0 atom stereocenters. The van der Waals surface area contributed by atoms with Crippen LogP contribution in [0.4, 0.5) is 0 Å². The van der Waals surface area contributed by atoms with Crippen molar-refractivity contribution in [3.63, 3.8) is 0 Å². The van der Waals surface area contributed by atoms with Gasteiger partial charge in [-0.1, -0.05) is 26.0 Å². The molecule has 4 N–H and O–H groups in total. The van der Waals surface area contributed by atoms with Crippen LogP contribution in [0.5, 0.6) is 23.0 Å². The summed E-state index contributed by atoms with van der Waals surface area (Å²) in [6, 6.07) is 9.10. The quantitative estimate of drug-likeness (QED) is 0.514. The van der Waals surface area contributed by atoms with E-state index >= 15 is 0 Å². The zero-order valence-corrected chi connectivity index (χ0v) is 19.1. The van der Waals surface area contributed by atoms with Crippen molar-refractivity contribution in [2.24, 2.45) is 0 Å². The highest BCUT2D eigenvalue weighted by Crippen LogP contribution is 2.39. The van der Waals surface area contributed by atoms with Crippen molar-refractivity contribution < 1.29 is 33.3 Å². The molecule has 0 spiro atoms. The van der Waals surface area contributed by atoms with E-state index in [4.69, 9.17) is 14.6 Å². The lowest BCUT2D eigenvalue weighted by molar-refractivity contribution is -0.0980. The number of phenolic OH excluding ortho intramolecular Hbond substituents is 2. The van der Waals surface area contributed by atoms with E-state index in [-0.39, 0.29) is 22.1 Å². The minimum Gasteiger partial charge on any atom is -0.504 e. The fourth-order valence-corrected chi connectivity index (χ4v) is 4.28. The van der Waals surface area contributed by atoms with Gasteiger partial charge in [0.1, 0.15) is 17.4 Å². The molecule has 9 nitrogen and oxygen atoms in total. The van der Waals surface area contributed by atoms with Crippen molar-refractivity contribution >= 4 is 16.8 Å². The monoisotopic (exact) mass is 456 g/mol. The molecular weight excluding hydrogens is 424 g/mol. The van der Waals surface area contributed by atoms with E-state index in [1.807, 2.05) is 20.6 Å². The molecule has 0 unspecified atom stereocenters. The van der Waals surface area contributed by atoms with Crippen LogP contribution in [0.1, 0.15) is 19.4 Å². The summed E-state index contributed by atoms with van der Waals surface area (Å²) in [5, 5.41) is 29.6. The number of sulfonamides is 1. The highest BCUT2D eigenvalue weighted by Gasteiger charge is 2.29. The SMILES string of the molecule is C=O.CC.CO.Cc1ccc(Oc2cccc(O)c2O)c(S(=O)(=O)N2CCNCC2)c1. The first kappa shape index (κ1) is 28.3. The van der Waals surface area contributed by atoms with E-state index < -0.39 is 15.8 Å². The molecule has 10 heteroatoms. The number of benzene rings is 2. The van der Waals surface area contributed by atoms with Crippen molar-refractivity contribution in [3.8, 4) is 23.0 Å². The maximum atomic E-state index is 13.0. The maximum absolute atomic E-state index is 13.0. The normalized spacial score (nSPS) is 13.3. The van der Waals surface area contributed by atoms with Crippen LogP contribution in [0.25, 0.3) is 0 Å². The number of aromatic hydroxyl groups is 2. The van der Waals surface area contributed by atoms with Gasteiger partial charge in [-0.3, -0.25) is 0 Å². The Morgan fingerprint density at radius 3 is 2.16 bits per heavy atom. The lowest BCUT2D eigenvalue weighted by Crippen LogP contribution is -2.46. The van der Waals surface area contributed by atoms with Gasteiger partial charge in [0, 0.05) is 33.3 Å². The number of aliphatic hydroxyl groups excluding tert-OH is 1. The number of carbonyl (C=O) groups excluding carboxylic acids is 1. The van der Waals surface area contributed by atoms with Crippen molar-refractivity contribution in [1.82, 2.24) is 9.62 Å². The number of piperazine rings is 1. The third-order valence-corrected chi connectivity index (χ3v) is 5.91. The number of para-hydroxylation sites is 1. The average Bonchev–Trinajstić information content (AvgIpc) is 2.82. The Balaban J connectivity index is 0.00000138. The van der Waals surface area contributed by atoms with E-state index in [0.717, 1.165) is 12.7 Å². The molecule has 0 amide bonds. The van der Waals surface area contributed by atoms with Gasteiger partial charge < -0.3 is 30.2 Å². The molecule has 0 saturated carbocycles. The number of nitrogens with one attached hydrogen (secondary N) is 1. The number of rotatable bonds is 4. The summed E-state index contributed by atoms with van der Waals surface area (Å²) >= 11 is 0. The summed E-state index contributed by atoms with van der Waals surface area (Å²) in [6.45, 7) is 9.75. The van der Waals surface area contributed by atoms with Crippen LogP contribution >= 0.6 is 0 Å². The van der Waals surface area contributed by atoms with Crippen LogP contribution in [0.15, 0.2) is 41.3 Å². The maximum Gasteiger partial charge on any atom is 0.246 e. The molecule has 0 aromatic heterocycles. The van der Waals surface area contributed by atoms with E-state index in [1.54, 1.807) is 25.1 Å². The molecule has 1 saturated heterocycles. The zero-order valence-electron chi connectivity index (χ0n) is 18.3. The number of nitrogens with zero attached hydrogens (tertiary/aromatic N) is 1. The first-order valence-corrected chi connectivity index (χ1v) is 11.1. The summed E-state index contributed by atoms with van der Waals surface area (Å²) in [7, 11) is -2.73. The van der Waals surface area contributed by atoms with Gasteiger partial charge in [0.15, 0.2) is 11.5 Å². The Morgan fingerprint density at radius 1 is 1.00 bits per heavy atom. The lowest BCUT2D eigenvalue weighted by atomic mass is 10.2. The summed E-state index contributed by atoms with van der Waals surface area (Å²) in [5.41, 5.74) is 0.779. The Kier molecular flexibility index (Phi) is 13.1. The minimum absolute atomic E-state index is 0.0133. The molecule has 174 valence electrons. The number of ether oxygens (including phenoxy) is 1. The van der Waals surface area contributed by atoms with E-state index in [2.05, 4.69) is 5.32 Å². The summed E-state index contributed by atoms with van der Waals surface area (Å²) in [4.78, 5) is 8.04. The van der Waals surface area contributed by atoms with Gasteiger partial charge in [-0.05, 0) is 36.8 Å². The van der Waals surface area contributed by atoms with Crippen molar-refractivity contribution in [3.05, 3.63) is 42.0 Å².